The van der Waals surface area contributed by atoms with Crippen molar-refractivity contribution in [2.24, 2.45) is 5.73 Å². The van der Waals surface area contributed by atoms with E-state index >= 15 is 0 Å². The van der Waals surface area contributed by atoms with Gasteiger partial charge in [0.25, 0.3) is 0 Å². The number of nitrogens with two attached hydrogens (primary N) is 1. The summed E-state index contributed by atoms with van der Waals surface area (Å²) in [5, 5.41) is 1.04. The van der Waals surface area contributed by atoms with Gasteiger partial charge in [-0.05, 0) is 48.9 Å². The van der Waals surface area contributed by atoms with Crippen molar-refractivity contribution in [1.82, 2.24) is 0 Å². The van der Waals surface area contributed by atoms with E-state index in [1.54, 1.807) is 0 Å². The predicted octanol–water partition coefficient (Wildman–Crippen LogP) is 4.64. The van der Waals surface area contributed by atoms with Gasteiger partial charge in [-0.15, -0.1) is 0 Å². The molecule has 3 aromatic rings. The summed E-state index contributed by atoms with van der Waals surface area (Å²) in [6.45, 7) is 2.62. The Morgan fingerprint density at radius 2 is 1.90 bits per heavy atom. The molecule has 108 valence electrons. The third-order valence-corrected chi connectivity index (χ3v) is 3.85. The van der Waals surface area contributed by atoms with Crippen molar-refractivity contribution < 1.29 is 9.15 Å². The summed E-state index contributed by atoms with van der Waals surface area (Å²) in [7, 11) is 0. The average Bonchev–Trinajstić information content (AvgIpc) is 2.90. The topological polar surface area (TPSA) is 48.4 Å². The van der Waals surface area contributed by atoms with Crippen LogP contribution in [0.3, 0.4) is 0 Å². The van der Waals surface area contributed by atoms with Crippen LogP contribution in [0.15, 0.2) is 57.4 Å². The highest BCUT2D eigenvalue weighted by Crippen LogP contribution is 2.29. The first-order valence-electron chi connectivity index (χ1n) is 6.84. The predicted molar refractivity (Wildman–Crippen MR) is 87.6 cm³/mol. The van der Waals surface area contributed by atoms with Gasteiger partial charge in [0.05, 0.1) is 12.6 Å². The Hall–Kier alpha value is -1.78. The molecule has 0 aliphatic carbocycles. The molecule has 0 spiro atoms. The first-order valence-corrected chi connectivity index (χ1v) is 7.64. The minimum Gasteiger partial charge on any atom is -0.494 e. The Labute approximate surface area is 131 Å². The van der Waals surface area contributed by atoms with Crippen molar-refractivity contribution in [3.8, 4) is 5.75 Å². The number of ether oxygens (including phenoxy) is 1. The third kappa shape index (κ3) is 2.96. The Morgan fingerprint density at radius 3 is 2.62 bits per heavy atom. The largest absolute Gasteiger partial charge is 0.494 e. The molecule has 4 heteroatoms. The van der Waals surface area contributed by atoms with Crippen molar-refractivity contribution in [1.29, 1.82) is 0 Å². The van der Waals surface area contributed by atoms with Crippen LogP contribution in [0.25, 0.3) is 11.0 Å². The van der Waals surface area contributed by atoms with Gasteiger partial charge in [0.15, 0.2) is 0 Å². The van der Waals surface area contributed by atoms with E-state index in [0.29, 0.717) is 6.61 Å². The molecule has 1 heterocycles. The molecule has 2 N–H and O–H groups in total. The Morgan fingerprint density at radius 1 is 1.14 bits per heavy atom. The maximum atomic E-state index is 6.30. The molecule has 0 radical (unpaired) electrons. The Balaban J connectivity index is 1.90. The normalized spacial score (nSPS) is 12.5. The third-order valence-electron chi connectivity index (χ3n) is 3.35. The van der Waals surface area contributed by atoms with Crippen molar-refractivity contribution in [2.75, 3.05) is 6.61 Å². The quantitative estimate of drug-likeness (QED) is 0.749. The maximum absolute atomic E-state index is 6.30. The highest BCUT2D eigenvalue weighted by Gasteiger charge is 2.14. The SMILES string of the molecule is CCOc1ccc(C(N)c2cc3cc(Br)ccc3o2)cc1. The zero-order valence-electron chi connectivity index (χ0n) is 11.7. The number of fused-ring (bicyclic) bond motifs is 1. The summed E-state index contributed by atoms with van der Waals surface area (Å²) in [5.74, 6) is 1.61. The van der Waals surface area contributed by atoms with Crippen LogP contribution in [0, 0.1) is 0 Å². The number of furan rings is 1. The average molecular weight is 346 g/mol. The van der Waals surface area contributed by atoms with Gasteiger partial charge in [-0.2, -0.15) is 0 Å². The zero-order valence-corrected chi connectivity index (χ0v) is 13.3. The van der Waals surface area contributed by atoms with E-state index in [1.165, 1.54) is 0 Å². The zero-order chi connectivity index (χ0) is 14.8. The molecule has 3 nitrogen and oxygen atoms in total. The summed E-state index contributed by atoms with van der Waals surface area (Å²) in [4.78, 5) is 0. The second-order valence-corrected chi connectivity index (χ2v) is 5.73. The van der Waals surface area contributed by atoms with Crippen LogP contribution in [0.5, 0.6) is 5.75 Å². The van der Waals surface area contributed by atoms with Gasteiger partial charge in [-0.25, -0.2) is 0 Å². The number of hydrogen-bond donors (Lipinski definition) is 1. The molecule has 0 aliphatic rings. The standard InChI is InChI=1S/C17H16BrNO2/c1-2-20-14-6-3-11(4-7-14)17(19)16-10-12-9-13(18)5-8-15(12)21-16/h3-10,17H,2,19H2,1H3. The van der Waals surface area contributed by atoms with Gasteiger partial charge in [0.2, 0.25) is 0 Å². The lowest BCUT2D eigenvalue weighted by Gasteiger charge is -2.10. The van der Waals surface area contributed by atoms with E-state index in [2.05, 4.69) is 15.9 Å². The molecule has 2 aromatic carbocycles. The van der Waals surface area contributed by atoms with Gasteiger partial charge < -0.3 is 14.9 Å². The van der Waals surface area contributed by atoms with E-state index in [1.807, 2.05) is 55.5 Å². The Bertz CT molecular complexity index is 749. The fraction of sp³-hybridized carbons (Fsp3) is 0.176. The first kappa shape index (κ1) is 14.2. The molecule has 0 amide bonds. The lowest BCUT2D eigenvalue weighted by Crippen LogP contribution is -2.10. The van der Waals surface area contributed by atoms with Crippen molar-refractivity contribution in [3.63, 3.8) is 0 Å². The van der Waals surface area contributed by atoms with Gasteiger partial charge in [0.1, 0.15) is 17.1 Å². The van der Waals surface area contributed by atoms with E-state index in [0.717, 1.165) is 32.5 Å². The van der Waals surface area contributed by atoms with Crippen molar-refractivity contribution >= 4 is 26.9 Å². The van der Waals surface area contributed by atoms with Crippen LogP contribution < -0.4 is 10.5 Å². The lowest BCUT2D eigenvalue weighted by molar-refractivity contribution is 0.340. The molecule has 1 aromatic heterocycles. The minimum atomic E-state index is -0.285. The molecule has 21 heavy (non-hydrogen) atoms. The lowest BCUT2D eigenvalue weighted by atomic mass is 10.1. The molecule has 0 aliphatic heterocycles. The summed E-state index contributed by atoms with van der Waals surface area (Å²) < 4.78 is 12.3. The molecular formula is C17H16BrNO2. The van der Waals surface area contributed by atoms with Crippen LogP contribution in [0.1, 0.15) is 24.3 Å². The fourth-order valence-electron chi connectivity index (χ4n) is 2.29. The van der Waals surface area contributed by atoms with Crippen LogP contribution in [-0.2, 0) is 0 Å². The van der Waals surface area contributed by atoms with Crippen molar-refractivity contribution in [3.05, 3.63) is 64.3 Å². The van der Waals surface area contributed by atoms with Gasteiger partial charge in [0, 0.05) is 9.86 Å². The highest BCUT2D eigenvalue weighted by atomic mass is 79.9. The Kier molecular flexibility index (Phi) is 3.99. The summed E-state index contributed by atoms with van der Waals surface area (Å²) in [6, 6.07) is 15.4. The molecule has 1 atom stereocenters. The molecule has 0 saturated heterocycles. The summed E-state index contributed by atoms with van der Waals surface area (Å²) >= 11 is 3.46. The van der Waals surface area contributed by atoms with Gasteiger partial charge in [-0.1, -0.05) is 28.1 Å². The van der Waals surface area contributed by atoms with Crippen LogP contribution in [-0.4, -0.2) is 6.61 Å². The number of hydrogen-bond acceptors (Lipinski definition) is 3. The summed E-state index contributed by atoms with van der Waals surface area (Å²) in [5.41, 5.74) is 8.13. The minimum absolute atomic E-state index is 0.285. The second-order valence-electron chi connectivity index (χ2n) is 4.81. The highest BCUT2D eigenvalue weighted by molar-refractivity contribution is 9.10. The number of halogens is 1. The molecule has 0 bridgehead atoms. The summed E-state index contributed by atoms with van der Waals surface area (Å²) in [6.07, 6.45) is 0. The van der Waals surface area contributed by atoms with E-state index in [-0.39, 0.29) is 6.04 Å². The smallest absolute Gasteiger partial charge is 0.134 e. The molecular weight excluding hydrogens is 330 g/mol. The maximum Gasteiger partial charge on any atom is 0.134 e. The number of rotatable bonds is 4. The van der Waals surface area contributed by atoms with Gasteiger partial charge >= 0.3 is 0 Å². The van der Waals surface area contributed by atoms with E-state index in [9.17, 15) is 0 Å². The molecule has 0 fully saturated rings. The fourth-order valence-corrected chi connectivity index (χ4v) is 2.67. The second kappa shape index (κ2) is 5.92. The first-order chi connectivity index (χ1) is 10.2. The van der Waals surface area contributed by atoms with Crippen molar-refractivity contribution in [2.45, 2.75) is 13.0 Å². The van der Waals surface area contributed by atoms with E-state index in [4.69, 9.17) is 14.9 Å². The van der Waals surface area contributed by atoms with E-state index < -0.39 is 0 Å². The molecule has 0 saturated carbocycles. The number of benzene rings is 2. The molecule has 3 rings (SSSR count). The monoisotopic (exact) mass is 345 g/mol. The van der Waals surface area contributed by atoms with Crippen LogP contribution in [0.2, 0.25) is 0 Å². The van der Waals surface area contributed by atoms with Gasteiger partial charge in [-0.3, -0.25) is 0 Å². The molecule has 1 unspecified atom stereocenters. The van der Waals surface area contributed by atoms with Crippen LogP contribution in [0.4, 0.5) is 0 Å². The van der Waals surface area contributed by atoms with Crippen LogP contribution >= 0.6 is 15.9 Å².